The van der Waals surface area contributed by atoms with E-state index in [0.29, 0.717) is 17.1 Å². The minimum absolute atomic E-state index is 0.139. The number of hydrogen-bond acceptors (Lipinski definition) is 5. The molecule has 2 atom stereocenters. The molecule has 0 aliphatic carbocycles. The first-order valence-electron chi connectivity index (χ1n) is 5.62. The maximum atomic E-state index is 13.0. The van der Waals surface area contributed by atoms with Crippen LogP contribution in [0.5, 0.6) is 0 Å². The Morgan fingerprint density at radius 2 is 2.26 bits per heavy atom. The lowest BCUT2D eigenvalue weighted by Crippen LogP contribution is -2.16. The zero-order valence-electron chi connectivity index (χ0n) is 10.6. The molecule has 6 nitrogen and oxygen atoms in total. The summed E-state index contributed by atoms with van der Waals surface area (Å²) in [5.41, 5.74) is 6.59. The van der Waals surface area contributed by atoms with Gasteiger partial charge in [0.15, 0.2) is 5.82 Å². The van der Waals surface area contributed by atoms with E-state index in [-0.39, 0.29) is 11.7 Å². The monoisotopic (exact) mass is 283 g/mol. The molecule has 0 saturated carbocycles. The highest BCUT2D eigenvalue weighted by atomic mass is 32.2. The quantitative estimate of drug-likeness (QED) is 0.846. The standard InChI is InChI=1S/C11H14FN5OS/c1-7(6-19(2)18)17-11(14-15-16-17)9-4-3-8(12)5-10(9)13/h3-5,7H,6,13H2,1-2H3. The molecule has 1 aromatic heterocycles. The number of nitrogens with two attached hydrogens (primary N) is 1. The summed E-state index contributed by atoms with van der Waals surface area (Å²) in [7, 11) is -0.962. The predicted molar refractivity (Wildman–Crippen MR) is 71.3 cm³/mol. The Labute approximate surface area is 112 Å². The summed E-state index contributed by atoms with van der Waals surface area (Å²) in [5, 5.41) is 11.4. The third kappa shape index (κ3) is 2.95. The van der Waals surface area contributed by atoms with E-state index in [0.717, 1.165) is 0 Å². The van der Waals surface area contributed by atoms with E-state index < -0.39 is 16.6 Å². The van der Waals surface area contributed by atoms with Crippen LogP contribution >= 0.6 is 0 Å². The molecule has 1 aromatic carbocycles. The van der Waals surface area contributed by atoms with Crippen molar-refractivity contribution >= 4 is 16.5 Å². The summed E-state index contributed by atoms with van der Waals surface area (Å²) in [5.74, 6) is 0.456. The van der Waals surface area contributed by atoms with Crippen molar-refractivity contribution in [2.45, 2.75) is 13.0 Å². The fourth-order valence-electron chi connectivity index (χ4n) is 1.82. The van der Waals surface area contributed by atoms with E-state index in [1.165, 1.54) is 18.2 Å². The van der Waals surface area contributed by atoms with Gasteiger partial charge < -0.3 is 5.73 Å². The van der Waals surface area contributed by atoms with Crippen LogP contribution in [0, 0.1) is 5.82 Å². The Hall–Kier alpha value is -1.83. The van der Waals surface area contributed by atoms with Gasteiger partial charge in [0.2, 0.25) is 0 Å². The molecular formula is C11H14FN5OS. The molecular weight excluding hydrogens is 269 g/mol. The van der Waals surface area contributed by atoms with Crippen molar-refractivity contribution in [3.63, 3.8) is 0 Å². The molecule has 19 heavy (non-hydrogen) atoms. The molecule has 0 aliphatic rings. The summed E-state index contributed by atoms with van der Waals surface area (Å²) in [6.07, 6.45) is 1.62. The maximum Gasteiger partial charge on any atom is 0.184 e. The average molecular weight is 283 g/mol. The second-order valence-electron chi connectivity index (χ2n) is 4.27. The lowest BCUT2D eigenvalue weighted by atomic mass is 10.1. The van der Waals surface area contributed by atoms with Crippen molar-refractivity contribution < 1.29 is 8.60 Å². The highest BCUT2D eigenvalue weighted by Crippen LogP contribution is 2.25. The number of anilines is 1. The lowest BCUT2D eigenvalue weighted by molar-refractivity contribution is 0.521. The van der Waals surface area contributed by atoms with Crippen molar-refractivity contribution in [2.24, 2.45) is 0 Å². The average Bonchev–Trinajstić information content (AvgIpc) is 2.76. The van der Waals surface area contributed by atoms with Crippen LogP contribution in [0.2, 0.25) is 0 Å². The number of benzene rings is 1. The van der Waals surface area contributed by atoms with Gasteiger partial charge in [-0.15, -0.1) is 5.10 Å². The second kappa shape index (κ2) is 5.43. The minimum atomic E-state index is -0.962. The van der Waals surface area contributed by atoms with Crippen LogP contribution in [0.15, 0.2) is 18.2 Å². The first kappa shape index (κ1) is 13.6. The fourth-order valence-corrected chi connectivity index (χ4v) is 2.64. The fraction of sp³-hybridized carbons (Fsp3) is 0.364. The largest absolute Gasteiger partial charge is 0.398 e. The molecule has 0 aliphatic heterocycles. The summed E-state index contributed by atoms with van der Waals surface area (Å²) >= 11 is 0. The van der Waals surface area contributed by atoms with Gasteiger partial charge in [-0.2, -0.15) is 0 Å². The molecule has 0 saturated heterocycles. The highest BCUT2D eigenvalue weighted by molar-refractivity contribution is 7.84. The first-order chi connectivity index (χ1) is 8.99. The molecule has 8 heteroatoms. The SMILES string of the molecule is CC(CS(C)=O)n1nnnc1-c1ccc(F)cc1N. The predicted octanol–water partition coefficient (Wildman–Crippen LogP) is 1.00. The van der Waals surface area contributed by atoms with Crippen LogP contribution in [-0.4, -0.2) is 36.4 Å². The van der Waals surface area contributed by atoms with Crippen LogP contribution in [0.3, 0.4) is 0 Å². The van der Waals surface area contributed by atoms with E-state index in [4.69, 9.17) is 5.73 Å². The molecule has 1 heterocycles. The van der Waals surface area contributed by atoms with Crippen LogP contribution in [0.1, 0.15) is 13.0 Å². The molecule has 2 rings (SSSR count). The number of rotatable bonds is 4. The highest BCUT2D eigenvalue weighted by Gasteiger charge is 2.17. The zero-order valence-corrected chi connectivity index (χ0v) is 11.4. The lowest BCUT2D eigenvalue weighted by Gasteiger charge is -2.12. The third-order valence-electron chi connectivity index (χ3n) is 2.64. The molecule has 0 spiro atoms. The molecule has 0 amide bonds. The van der Waals surface area contributed by atoms with Crippen molar-refractivity contribution in [2.75, 3.05) is 17.7 Å². The normalized spacial score (nSPS) is 14.3. The van der Waals surface area contributed by atoms with E-state index in [1.807, 2.05) is 6.92 Å². The number of hydrogen-bond donors (Lipinski definition) is 1. The zero-order chi connectivity index (χ0) is 14.0. The maximum absolute atomic E-state index is 13.0. The van der Waals surface area contributed by atoms with E-state index in [2.05, 4.69) is 15.5 Å². The van der Waals surface area contributed by atoms with Crippen LogP contribution < -0.4 is 5.73 Å². The molecule has 0 bridgehead atoms. The van der Waals surface area contributed by atoms with Gasteiger partial charge in [-0.1, -0.05) is 0 Å². The summed E-state index contributed by atoms with van der Waals surface area (Å²) in [6.45, 7) is 1.86. The Bertz CT molecular complexity index is 615. The van der Waals surface area contributed by atoms with Gasteiger partial charge in [0.1, 0.15) is 5.82 Å². The number of nitrogen functional groups attached to an aromatic ring is 1. The Morgan fingerprint density at radius 3 is 2.89 bits per heavy atom. The Balaban J connectivity index is 2.41. The minimum Gasteiger partial charge on any atom is -0.398 e. The smallest absolute Gasteiger partial charge is 0.184 e. The Morgan fingerprint density at radius 1 is 1.53 bits per heavy atom. The molecule has 0 fully saturated rings. The molecule has 0 radical (unpaired) electrons. The third-order valence-corrected chi connectivity index (χ3v) is 3.59. The van der Waals surface area contributed by atoms with Gasteiger partial charge in [0, 0.05) is 34.1 Å². The van der Waals surface area contributed by atoms with Crippen LogP contribution in [0.25, 0.3) is 11.4 Å². The number of tetrazole rings is 1. The van der Waals surface area contributed by atoms with E-state index >= 15 is 0 Å². The van der Waals surface area contributed by atoms with Gasteiger partial charge in [0.25, 0.3) is 0 Å². The Kier molecular flexibility index (Phi) is 3.89. The van der Waals surface area contributed by atoms with Gasteiger partial charge >= 0.3 is 0 Å². The number of aromatic nitrogens is 4. The van der Waals surface area contributed by atoms with Crippen LogP contribution in [-0.2, 0) is 10.8 Å². The van der Waals surface area contributed by atoms with Crippen molar-refractivity contribution in [3.8, 4) is 11.4 Å². The van der Waals surface area contributed by atoms with Gasteiger partial charge in [-0.25, -0.2) is 9.07 Å². The van der Waals surface area contributed by atoms with Crippen molar-refractivity contribution in [1.82, 2.24) is 20.2 Å². The van der Waals surface area contributed by atoms with Gasteiger partial charge in [0.05, 0.1) is 6.04 Å². The molecule has 2 aromatic rings. The molecule has 2 unspecified atom stereocenters. The van der Waals surface area contributed by atoms with Crippen molar-refractivity contribution in [1.29, 1.82) is 0 Å². The van der Waals surface area contributed by atoms with Crippen LogP contribution in [0.4, 0.5) is 10.1 Å². The van der Waals surface area contributed by atoms with Gasteiger partial charge in [-0.3, -0.25) is 4.21 Å². The summed E-state index contributed by atoms with van der Waals surface area (Å²) in [4.78, 5) is 0. The van der Waals surface area contributed by atoms with Crippen molar-refractivity contribution in [3.05, 3.63) is 24.0 Å². The molecule has 102 valence electrons. The van der Waals surface area contributed by atoms with E-state index in [9.17, 15) is 8.60 Å². The summed E-state index contributed by atoms with van der Waals surface area (Å²) in [6, 6.07) is 3.91. The van der Waals surface area contributed by atoms with E-state index in [1.54, 1.807) is 10.9 Å². The first-order valence-corrected chi connectivity index (χ1v) is 7.35. The number of nitrogens with zero attached hydrogens (tertiary/aromatic N) is 4. The topological polar surface area (TPSA) is 86.7 Å². The van der Waals surface area contributed by atoms with Gasteiger partial charge in [-0.05, 0) is 35.5 Å². The number of halogens is 1. The molecule has 2 N–H and O–H groups in total. The second-order valence-corrected chi connectivity index (χ2v) is 5.75. The summed E-state index contributed by atoms with van der Waals surface area (Å²) < 4.78 is 25.9.